The summed E-state index contributed by atoms with van der Waals surface area (Å²) in [4.78, 5) is 0. The smallest absolute Gasteiger partial charge is 0.203 e. The van der Waals surface area contributed by atoms with Gasteiger partial charge in [-0.3, -0.25) is 5.41 Å². The van der Waals surface area contributed by atoms with Crippen molar-refractivity contribution in [2.45, 2.75) is 0 Å². The molecule has 1 aromatic carbocycles. The van der Waals surface area contributed by atoms with E-state index in [0.29, 0.717) is 22.8 Å². The molecule has 0 heterocycles. The van der Waals surface area contributed by atoms with Gasteiger partial charge in [0.1, 0.15) is 5.84 Å². The molecule has 0 aliphatic rings. The van der Waals surface area contributed by atoms with E-state index in [1.54, 1.807) is 12.1 Å². The number of benzene rings is 1. The molecule has 0 saturated heterocycles. The van der Waals surface area contributed by atoms with Crippen molar-refractivity contribution in [1.29, 1.82) is 5.41 Å². The van der Waals surface area contributed by atoms with Crippen LogP contribution in [0.2, 0.25) is 0 Å². The zero-order chi connectivity index (χ0) is 11.4. The molecule has 0 atom stereocenters. The quantitative estimate of drug-likeness (QED) is 0.574. The highest BCUT2D eigenvalue weighted by Gasteiger charge is 2.13. The van der Waals surface area contributed by atoms with E-state index >= 15 is 0 Å². The molecule has 3 N–H and O–H groups in total. The van der Waals surface area contributed by atoms with E-state index in [1.807, 2.05) is 0 Å². The second-order valence-corrected chi connectivity index (χ2v) is 2.83. The Labute approximate surface area is 88.3 Å². The van der Waals surface area contributed by atoms with Crippen molar-refractivity contribution in [1.82, 2.24) is 0 Å². The molecular weight excluding hydrogens is 196 g/mol. The first-order chi connectivity index (χ1) is 7.13. The van der Waals surface area contributed by atoms with Crippen molar-refractivity contribution < 1.29 is 14.2 Å². The molecule has 0 radical (unpaired) electrons. The molecule has 5 nitrogen and oxygen atoms in total. The maximum atomic E-state index is 7.33. The average Bonchev–Trinajstić information content (AvgIpc) is 2.26. The topological polar surface area (TPSA) is 77.6 Å². The standard InChI is InChI=1S/C10H14N2O3/c1-13-7-4-6(10(11)12)5-8(14-2)9(7)15-3/h4-5H,1-3H3,(H3,11,12). The Morgan fingerprint density at radius 3 is 1.80 bits per heavy atom. The highest BCUT2D eigenvalue weighted by Crippen LogP contribution is 2.37. The molecule has 5 heteroatoms. The summed E-state index contributed by atoms with van der Waals surface area (Å²) >= 11 is 0. The van der Waals surface area contributed by atoms with Gasteiger partial charge in [0.05, 0.1) is 21.3 Å². The van der Waals surface area contributed by atoms with E-state index in [2.05, 4.69) is 0 Å². The van der Waals surface area contributed by atoms with Crippen LogP contribution in [-0.4, -0.2) is 27.2 Å². The predicted octanol–water partition coefficient (Wildman–Crippen LogP) is 0.996. The first-order valence-corrected chi connectivity index (χ1v) is 4.28. The summed E-state index contributed by atoms with van der Waals surface area (Å²) < 4.78 is 15.4. The maximum absolute atomic E-state index is 7.33. The fourth-order valence-electron chi connectivity index (χ4n) is 1.24. The van der Waals surface area contributed by atoms with Gasteiger partial charge in [-0.1, -0.05) is 0 Å². The second kappa shape index (κ2) is 4.54. The average molecular weight is 210 g/mol. The van der Waals surface area contributed by atoms with Crippen LogP contribution < -0.4 is 19.9 Å². The van der Waals surface area contributed by atoms with Gasteiger partial charge in [0.2, 0.25) is 5.75 Å². The van der Waals surface area contributed by atoms with Crippen LogP contribution in [0.1, 0.15) is 5.56 Å². The Hall–Kier alpha value is -1.91. The molecule has 0 amide bonds. The van der Waals surface area contributed by atoms with E-state index in [-0.39, 0.29) is 5.84 Å². The highest BCUT2D eigenvalue weighted by molar-refractivity contribution is 5.96. The van der Waals surface area contributed by atoms with E-state index in [4.69, 9.17) is 25.4 Å². The molecule has 1 aromatic rings. The molecule has 0 fully saturated rings. The summed E-state index contributed by atoms with van der Waals surface area (Å²) in [5.41, 5.74) is 5.92. The minimum Gasteiger partial charge on any atom is -0.493 e. The summed E-state index contributed by atoms with van der Waals surface area (Å²) in [6.45, 7) is 0. The number of rotatable bonds is 4. The molecule has 0 aliphatic carbocycles. The lowest BCUT2D eigenvalue weighted by molar-refractivity contribution is 0.324. The van der Waals surface area contributed by atoms with E-state index in [0.717, 1.165) is 0 Å². The minimum absolute atomic E-state index is 0.0470. The molecular formula is C10H14N2O3. The van der Waals surface area contributed by atoms with Crippen molar-refractivity contribution >= 4 is 5.84 Å². The number of hydrogen-bond donors (Lipinski definition) is 2. The first-order valence-electron chi connectivity index (χ1n) is 4.28. The van der Waals surface area contributed by atoms with Crippen molar-refractivity contribution in [2.75, 3.05) is 21.3 Å². The molecule has 82 valence electrons. The fraction of sp³-hybridized carbons (Fsp3) is 0.300. The van der Waals surface area contributed by atoms with Crippen LogP contribution in [0.15, 0.2) is 12.1 Å². The Morgan fingerprint density at radius 2 is 1.53 bits per heavy atom. The van der Waals surface area contributed by atoms with Crippen molar-refractivity contribution in [3.05, 3.63) is 17.7 Å². The van der Waals surface area contributed by atoms with Gasteiger partial charge in [-0.25, -0.2) is 0 Å². The number of nitrogens with one attached hydrogen (secondary N) is 1. The van der Waals surface area contributed by atoms with Crippen LogP contribution in [0.25, 0.3) is 0 Å². The molecule has 15 heavy (non-hydrogen) atoms. The first kappa shape index (κ1) is 11.2. The van der Waals surface area contributed by atoms with Gasteiger partial charge in [-0.05, 0) is 12.1 Å². The Morgan fingerprint density at radius 1 is 1.07 bits per heavy atom. The van der Waals surface area contributed by atoms with Gasteiger partial charge in [-0.2, -0.15) is 0 Å². The zero-order valence-corrected chi connectivity index (χ0v) is 8.96. The molecule has 0 spiro atoms. The third kappa shape index (κ3) is 2.12. The van der Waals surface area contributed by atoms with Gasteiger partial charge in [0.25, 0.3) is 0 Å². The highest BCUT2D eigenvalue weighted by atomic mass is 16.5. The van der Waals surface area contributed by atoms with Crippen LogP contribution in [0.5, 0.6) is 17.2 Å². The zero-order valence-electron chi connectivity index (χ0n) is 8.96. The fourth-order valence-corrected chi connectivity index (χ4v) is 1.24. The lowest BCUT2D eigenvalue weighted by Crippen LogP contribution is -2.11. The lowest BCUT2D eigenvalue weighted by atomic mass is 10.1. The van der Waals surface area contributed by atoms with Gasteiger partial charge >= 0.3 is 0 Å². The van der Waals surface area contributed by atoms with E-state index in [1.165, 1.54) is 21.3 Å². The molecule has 0 bridgehead atoms. The molecule has 0 aliphatic heterocycles. The lowest BCUT2D eigenvalue weighted by Gasteiger charge is -2.13. The third-order valence-corrected chi connectivity index (χ3v) is 1.98. The number of amidine groups is 1. The maximum Gasteiger partial charge on any atom is 0.203 e. The monoisotopic (exact) mass is 210 g/mol. The number of ether oxygens (including phenoxy) is 3. The van der Waals surface area contributed by atoms with Crippen LogP contribution in [0, 0.1) is 5.41 Å². The third-order valence-electron chi connectivity index (χ3n) is 1.98. The summed E-state index contributed by atoms with van der Waals surface area (Å²) in [5, 5.41) is 7.33. The largest absolute Gasteiger partial charge is 0.493 e. The van der Waals surface area contributed by atoms with Gasteiger partial charge in [0.15, 0.2) is 11.5 Å². The van der Waals surface area contributed by atoms with Crippen LogP contribution in [-0.2, 0) is 0 Å². The molecule has 1 rings (SSSR count). The Balaban J connectivity index is 3.35. The normalized spacial score (nSPS) is 9.53. The molecule has 0 unspecified atom stereocenters. The van der Waals surface area contributed by atoms with Crippen LogP contribution in [0.3, 0.4) is 0 Å². The SMILES string of the molecule is COc1cc(C(=N)N)cc(OC)c1OC. The summed E-state index contributed by atoms with van der Waals surface area (Å²) in [6.07, 6.45) is 0. The van der Waals surface area contributed by atoms with Crippen LogP contribution >= 0.6 is 0 Å². The van der Waals surface area contributed by atoms with Gasteiger partial charge < -0.3 is 19.9 Å². The van der Waals surface area contributed by atoms with Gasteiger partial charge in [0, 0.05) is 5.56 Å². The predicted molar refractivity (Wildman–Crippen MR) is 57.1 cm³/mol. The number of hydrogen-bond acceptors (Lipinski definition) is 4. The second-order valence-electron chi connectivity index (χ2n) is 2.83. The van der Waals surface area contributed by atoms with Crippen molar-refractivity contribution in [2.24, 2.45) is 5.73 Å². The summed E-state index contributed by atoms with van der Waals surface area (Å²) in [5.74, 6) is 1.42. The van der Waals surface area contributed by atoms with Crippen molar-refractivity contribution in [3.8, 4) is 17.2 Å². The van der Waals surface area contributed by atoms with Gasteiger partial charge in [-0.15, -0.1) is 0 Å². The summed E-state index contributed by atoms with van der Waals surface area (Å²) in [6, 6.07) is 3.26. The Kier molecular flexibility index (Phi) is 3.38. The van der Waals surface area contributed by atoms with E-state index in [9.17, 15) is 0 Å². The molecule has 0 saturated carbocycles. The van der Waals surface area contributed by atoms with Crippen LogP contribution in [0.4, 0.5) is 0 Å². The number of methoxy groups -OCH3 is 3. The number of nitrogens with two attached hydrogens (primary N) is 1. The van der Waals surface area contributed by atoms with E-state index < -0.39 is 0 Å². The number of nitrogen functional groups attached to an aromatic ring is 1. The van der Waals surface area contributed by atoms with Crippen molar-refractivity contribution in [3.63, 3.8) is 0 Å². The summed E-state index contributed by atoms with van der Waals surface area (Å²) in [7, 11) is 4.55. The minimum atomic E-state index is -0.0470. The molecule has 0 aromatic heterocycles. The Bertz CT molecular complexity index is 352.